The van der Waals surface area contributed by atoms with Crippen molar-refractivity contribution in [3.8, 4) is 0 Å². The summed E-state index contributed by atoms with van der Waals surface area (Å²) in [5.41, 5.74) is 1.52. The maximum atomic E-state index is 9.85. The second-order valence-electron chi connectivity index (χ2n) is 4.58. The molecule has 0 spiro atoms. The summed E-state index contributed by atoms with van der Waals surface area (Å²) in [7, 11) is 2.82. The average Bonchev–Trinajstić information content (AvgIpc) is 2.92. The lowest BCUT2D eigenvalue weighted by Crippen LogP contribution is -2.16. The lowest BCUT2D eigenvalue weighted by molar-refractivity contribution is 0.173. The summed E-state index contributed by atoms with van der Waals surface area (Å²) < 4.78 is 4.15. The zero-order chi connectivity index (χ0) is 13.2. The van der Waals surface area contributed by atoms with E-state index in [1.807, 2.05) is 0 Å². The molecule has 0 saturated heterocycles. The number of ether oxygens (including phenoxy) is 1. The third-order valence-electron chi connectivity index (χ3n) is 3.23. The Morgan fingerprint density at radius 3 is 2.33 bits per heavy atom. The smallest absolute Gasteiger partial charge is 0.406 e. The van der Waals surface area contributed by atoms with Crippen LogP contribution in [0.5, 0.6) is 0 Å². The number of hydrogen-bond acceptors (Lipinski definition) is 2. The van der Waals surface area contributed by atoms with Crippen LogP contribution in [0.2, 0.25) is 0 Å². The molecule has 0 atom stereocenters. The van der Waals surface area contributed by atoms with Gasteiger partial charge in [-0.15, -0.1) is 0 Å². The number of methoxy groups -OCH3 is 1. The number of alkyl carbamates (subject to hydrolysis) is 1. The van der Waals surface area contributed by atoms with E-state index in [1.54, 1.807) is 0 Å². The fraction of sp³-hybridized carbons (Fsp3) is 0.533. The number of carbonyl (C=O) groups is 1. The van der Waals surface area contributed by atoms with Crippen molar-refractivity contribution in [3.63, 3.8) is 0 Å². The van der Waals surface area contributed by atoms with E-state index in [0.29, 0.717) is 0 Å². The van der Waals surface area contributed by atoms with Crippen molar-refractivity contribution in [2.45, 2.75) is 32.1 Å². The first kappa shape index (κ1) is 14.6. The number of amides is 1. The van der Waals surface area contributed by atoms with E-state index in [-0.39, 0.29) is 0 Å². The second-order valence-corrected chi connectivity index (χ2v) is 4.58. The molecule has 1 saturated carbocycles. The van der Waals surface area contributed by atoms with Gasteiger partial charge in [0.05, 0.1) is 7.11 Å². The van der Waals surface area contributed by atoms with Gasteiger partial charge in [-0.1, -0.05) is 56.0 Å². The SMILES string of the molecule is CNC(=O)OC.c1ccc(CC2CCCC2)cc1. The molecular weight excluding hydrogens is 226 g/mol. The van der Waals surface area contributed by atoms with Crippen LogP contribution < -0.4 is 5.32 Å². The molecule has 0 aliphatic heterocycles. The van der Waals surface area contributed by atoms with Gasteiger partial charge in [-0.05, 0) is 17.9 Å². The molecule has 1 aromatic carbocycles. The van der Waals surface area contributed by atoms with Crippen LogP contribution in [0.15, 0.2) is 30.3 Å². The van der Waals surface area contributed by atoms with E-state index in [2.05, 4.69) is 40.4 Å². The zero-order valence-corrected chi connectivity index (χ0v) is 11.3. The number of rotatable bonds is 2. The Hall–Kier alpha value is -1.51. The summed E-state index contributed by atoms with van der Waals surface area (Å²) >= 11 is 0. The summed E-state index contributed by atoms with van der Waals surface area (Å²) in [5.74, 6) is 0.979. The van der Waals surface area contributed by atoms with Crippen LogP contribution >= 0.6 is 0 Å². The number of benzene rings is 1. The van der Waals surface area contributed by atoms with Crippen LogP contribution in [-0.4, -0.2) is 20.3 Å². The molecule has 0 heterocycles. The molecule has 100 valence electrons. The van der Waals surface area contributed by atoms with Gasteiger partial charge in [0.1, 0.15) is 0 Å². The molecule has 1 N–H and O–H groups in total. The minimum atomic E-state index is -0.407. The van der Waals surface area contributed by atoms with E-state index in [4.69, 9.17) is 0 Å². The van der Waals surface area contributed by atoms with Crippen molar-refractivity contribution in [2.75, 3.05) is 14.2 Å². The van der Waals surface area contributed by atoms with Gasteiger partial charge in [0.2, 0.25) is 0 Å². The van der Waals surface area contributed by atoms with Gasteiger partial charge in [0, 0.05) is 7.05 Å². The maximum Gasteiger partial charge on any atom is 0.406 e. The van der Waals surface area contributed by atoms with E-state index in [0.717, 1.165) is 5.92 Å². The van der Waals surface area contributed by atoms with Crippen molar-refractivity contribution in [2.24, 2.45) is 5.92 Å². The number of nitrogens with one attached hydrogen (secondary N) is 1. The van der Waals surface area contributed by atoms with E-state index >= 15 is 0 Å². The van der Waals surface area contributed by atoms with Gasteiger partial charge in [0.15, 0.2) is 0 Å². The van der Waals surface area contributed by atoms with Crippen molar-refractivity contribution < 1.29 is 9.53 Å². The number of hydrogen-bond donors (Lipinski definition) is 1. The molecule has 18 heavy (non-hydrogen) atoms. The quantitative estimate of drug-likeness (QED) is 0.872. The van der Waals surface area contributed by atoms with Crippen molar-refractivity contribution in [1.29, 1.82) is 0 Å². The fourth-order valence-corrected chi connectivity index (χ4v) is 2.26. The molecule has 0 aromatic heterocycles. The van der Waals surface area contributed by atoms with Gasteiger partial charge in [-0.25, -0.2) is 4.79 Å². The van der Waals surface area contributed by atoms with Gasteiger partial charge < -0.3 is 10.1 Å². The third kappa shape index (κ3) is 5.71. The first-order valence-corrected chi connectivity index (χ1v) is 6.56. The van der Waals surface area contributed by atoms with Gasteiger partial charge in [-0.3, -0.25) is 0 Å². The molecule has 3 heteroatoms. The van der Waals surface area contributed by atoms with Crippen LogP contribution in [0, 0.1) is 5.92 Å². The second kappa shape index (κ2) is 8.56. The Morgan fingerprint density at radius 2 is 1.89 bits per heavy atom. The summed E-state index contributed by atoms with van der Waals surface area (Å²) in [5, 5.41) is 2.25. The van der Waals surface area contributed by atoms with Crippen LogP contribution in [0.4, 0.5) is 4.79 Å². The fourth-order valence-electron chi connectivity index (χ4n) is 2.26. The lowest BCUT2D eigenvalue weighted by Gasteiger charge is -2.07. The molecule has 1 aliphatic rings. The van der Waals surface area contributed by atoms with E-state index in [9.17, 15) is 4.79 Å². The van der Waals surface area contributed by atoms with Crippen molar-refractivity contribution >= 4 is 6.09 Å². The lowest BCUT2D eigenvalue weighted by atomic mass is 9.98. The largest absolute Gasteiger partial charge is 0.453 e. The Balaban J connectivity index is 0.000000232. The molecular formula is C15H23NO2. The summed E-state index contributed by atoms with van der Waals surface area (Å²) in [6.07, 6.45) is 6.72. The summed E-state index contributed by atoms with van der Waals surface area (Å²) in [6.45, 7) is 0. The van der Waals surface area contributed by atoms with Gasteiger partial charge >= 0.3 is 6.09 Å². The summed E-state index contributed by atoms with van der Waals surface area (Å²) in [4.78, 5) is 9.85. The Morgan fingerprint density at radius 1 is 1.28 bits per heavy atom. The molecule has 0 radical (unpaired) electrons. The Kier molecular flexibility index (Phi) is 6.92. The normalized spacial score (nSPS) is 14.6. The minimum Gasteiger partial charge on any atom is -0.453 e. The van der Waals surface area contributed by atoms with Crippen LogP contribution in [0.3, 0.4) is 0 Å². The Labute approximate surface area is 110 Å². The maximum absolute atomic E-state index is 9.85. The standard InChI is InChI=1S/C12H16.C3H7NO2/c1-2-6-11(7-3-1)10-12-8-4-5-9-12;1-4-3(5)6-2/h1-3,6-7,12H,4-5,8-10H2;1-2H3,(H,4,5). The van der Waals surface area contributed by atoms with Crippen molar-refractivity contribution in [1.82, 2.24) is 5.32 Å². The highest BCUT2D eigenvalue weighted by Crippen LogP contribution is 2.27. The topological polar surface area (TPSA) is 38.3 Å². The first-order chi connectivity index (χ1) is 8.76. The molecule has 1 aromatic rings. The van der Waals surface area contributed by atoms with Gasteiger partial charge in [-0.2, -0.15) is 0 Å². The van der Waals surface area contributed by atoms with Crippen LogP contribution in [0.25, 0.3) is 0 Å². The molecule has 1 aliphatic carbocycles. The zero-order valence-electron chi connectivity index (χ0n) is 11.3. The molecule has 0 bridgehead atoms. The first-order valence-electron chi connectivity index (χ1n) is 6.56. The molecule has 0 unspecified atom stereocenters. The highest BCUT2D eigenvalue weighted by atomic mass is 16.5. The van der Waals surface area contributed by atoms with Crippen LogP contribution in [0.1, 0.15) is 31.2 Å². The summed E-state index contributed by atoms with van der Waals surface area (Å²) in [6, 6.07) is 10.9. The molecule has 1 amide bonds. The van der Waals surface area contributed by atoms with Crippen LogP contribution in [-0.2, 0) is 11.2 Å². The van der Waals surface area contributed by atoms with Gasteiger partial charge in [0.25, 0.3) is 0 Å². The van der Waals surface area contributed by atoms with E-state index < -0.39 is 6.09 Å². The number of carbonyl (C=O) groups excluding carboxylic acids is 1. The molecule has 1 fully saturated rings. The molecule has 2 rings (SSSR count). The minimum absolute atomic E-state index is 0.407. The highest BCUT2D eigenvalue weighted by molar-refractivity contribution is 5.66. The average molecular weight is 249 g/mol. The Bertz CT molecular complexity index is 326. The highest BCUT2D eigenvalue weighted by Gasteiger charge is 2.14. The van der Waals surface area contributed by atoms with Crippen molar-refractivity contribution in [3.05, 3.63) is 35.9 Å². The predicted molar refractivity (Wildman–Crippen MR) is 73.6 cm³/mol. The molecule has 3 nitrogen and oxygen atoms in total. The predicted octanol–water partition coefficient (Wildman–Crippen LogP) is 3.39. The monoisotopic (exact) mass is 249 g/mol. The van der Waals surface area contributed by atoms with E-state index in [1.165, 1.54) is 51.8 Å². The third-order valence-corrected chi connectivity index (χ3v) is 3.23.